The lowest BCUT2D eigenvalue weighted by molar-refractivity contribution is 0.0953. The average Bonchev–Trinajstić information content (AvgIpc) is 2.62. The van der Waals surface area contributed by atoms with Crippen molar-refractivity contribution in [3.63, 3.8) is 0 Å². The van der Waals surface area contributed by atoms with Crippen LogP contribution in [-0.2, 0) is 15.4 Å². The van der Waals surface area contributed by atoms with Gasteiger partial charge in [0.15, 0.2) is 17.2 Å². The van der Waals surface area contributed by atoms with Crippen molar-refractivity contribution in [1.29, 1.82) is 0 Å². The zero-order valence-electron chi connectivity index (χ0n) is 15.9. The van der Waals surface area contributed by atoms with E-state index in [9.17, 15) is 28.5 Å². The maximum absolute atomic E-state index is 12.3. The fourth-order valence-electron chi connectivity index (χ4n) is 2.42. The number of benzene rings is 2. The predicted octanol–water partition coefficient (Wildman–Crippen LogP) is 1.81. The molecule has 0 aliphatic rings. The number of aromatic hydroxyl groups is 3. The Labute approximate surface area is 163 Å². The molecule has 1 amide bonds. The van der Waals surface area contributed by atoms with Crippen LogP contribution in [0.3, 0.4) is 0 Å². The van der Waals surface area contributed by atoms with Gasteiger partial charge < -0.3 is 20.6 Å². The molecule has 2 aromatic carbocycles. The van der Waals surface area contributed by atoms with Gasteiger partial charge in [0, 0.05) is 18.7 Å². The number of amides is 1. The number of phenols is 3. The van der Waals surface area contributed by atoms with Crippen LogP contribution in [0.5, 0.6) is 17.2 Å². The summed E-state index contributed by atoms with van der Waals surface area (Å²) in [5.74, 6) is -2.63. The van der Waals surface area contributed by atoms with Crippen molar-refractivity contribution in [2.45, 2.75) is 31.1 Å². The second-order valence-corrected chi connectivity index (χ2v) is 9.06. The molecular formula is C19H24N2O6S. The van der Waals surface area contributed by atoms with E-state index in [1.807, 2.05) is 20.8 Å². The van der Waals surface area contributed by atoms with Gasteiger partial charge in [0.25, 0.3) is 5.91 Å². The van der Waals surface area contributed by atoms with Gasteiger partial charge >= 0.3 is 0 Å². The van der Waals surface area contributed by atoms with E-state index in [0.717, 1.165) is 17.7 Å². The molecule has 0 radical (unpaired) electrons. The number of sulfonamides is 1. The summed E-state index contributed by atoms with van der Waals surface area (Å²) in [4.78, 5) is 12.1. The van der Waals surface area contributed by atoms with Crippen LogP contribution in [0.4, 0.5) is 0 Å². The number of carbonyl (C=O) groups excluding carboxylic acids is 1. The van der Waals surface area contributed by atoms with Crippen LogP contribution in [0.1, 0.15) is 36.7 Å². The average molecular weight is 408 g/mol. The molecule has 0 bridgehead atoms. The van der Waals surface area contributed by atoms with Gasteiger partial charge in [-0.2, -0.15) is 0 Å². The molecule has 0 fully saturated rings. The lowest BCUT2D eigenvalue weighted by Crippen LogP contribution is -2.34. The fourth-order valence-corrected chi connectivity index (χ4v) is 3.45. The van der Waals surface area contributed by atoms with Gasteiger partial charge in [-0.05, 0) is 35.2 Å². The number of nitrogens with one attached hydrogen (secondary N) is 2. The molecule has 28 heavy (non-hydrogen) atoms. The molecule has 0 aromatic heterocycles. The Hall–Kier alpha value is -2.78. The van der Waals surface area contributed by atoms with E-state index >= 15 is 0 Å². The Morgan fingerprint density at radius 1 is 0.964 bits per heavy atom. The molecule has 0 atom stereocenters. The zero-order chi connectivity index (χ0) is 21.1. The molecule has 152 valence electrons. The smallest absolute Gasteiger partial charge is 0.251 e. The topological polar surface area (TPSA) is 136 Å². The Morgan fingerprint density at radius 2 is 1.50 bits per heavy atom. The molecule has 0 heterocycles. The molecular weight excluding hydrogens is 384 g/mol. The normalized spacial score (nSPS) is 12.0. The maximum Gasteiger partial charge on any atom is 0.251 e. The third kappa shape index (κ3) is 5.14. The van der Waals surface area contributed by atoms with E-state index in [1.54, 1.807) is 12.1 Å². The standard InChI is InChI=1S/C19H24N2O6S/c1-19(2,3)13-4-6-14(7-5-13)28(26,27)21-9-8-20-18(25)12-10-15(22)17(24)16(23)11-12/h4-7,10-11,21-24H,8-9H2,1-3H3,(H,20,25). The summed E-state index contributed by atoms with van der Waals surface area (Å²) in [7, 11) is -3.72. The third-order valence-electron chi connectivity index (χ3n) is 4.07. The van der Waals surface area contributed by atoms with Gasteiger partial charge in [-0.25, -0.2) is 13.1 Å². The lowest BCUT2D eigenvalue weighted by atomic mass is 9.87. The molecule has 8 nitrogen and oxygen atoms in total. The minimum atomic E-state index is -3.72. The minimum Gasteiger partial charge on any atom is -0.504 e. The Kier molecular flexibility index (Phi) is 6.20. The number of rotatable bonds is 6. The second kappa shape index (κ2) is 8.07. The highest BCUT2D eigenvalue weighted by Crippen LogP contribution is 2.35. The molecule has 0 spiro atoms. The van der Waals surface area contributed by atoms with E-state index in [2.05, 4.69) is 10.0 Å². The number of carbonyl (C=O) groups is 1. The quantitative estimate of drug-likeness (QED) is 0.365. The molecule has 0 unspecified atom stereocenters. The van der Waals surface area contributed by atoms with Crippen LogP contribution in [0.2, 0.25) is 0 Å². The lowest BCUT2D eigenvalue weighted by Gasteiger charge is -2.19. The van der Waals surface area contributed by atoms with Crippen molar-refractivity contribution in [3.05, 3.63) is 47.5 Å². The summed E-state index contributed by atoms with van der Waals surface area (Å²) in [6.07, 6.45) is 0. The summed E-state index contributed by atoms with van der Waals surface area (Å²) in [5, 5.41) is 30.6. The second-order valence-electron chi connectivity index (χ2n) is 7.29. The van der Waals surface area contributed by atoms with Crippen LogP contribution in [0.15, 0.2) is 41.3 Å². The Morgan fingerprint density at radius 3 is 2.00 bits per heavy atom. The van der Waals surface area contributed by atoms with Crippen molar-refractivity contribution >= 4 is 15.9 Å². The van der Waals surface area contributed by atoms with E-state index in [4.69, 9.17) is 0 Å². The van der Waals surface area contributed by atoms with Crippen molar-refractivity contribution in [2.75, 3.05) is 13.1 Å². The number of hydrogen-bond donors (Lipinski definition) is 5. The monoisotopic (exact) mass is 408 g/mol. The first-order valence-corrected chi connectivity index (χ1v) is 10.0. The molecule has 2 aromatic rings. The minimum absolute atomic E-state index is 0.0134. The van der Waals surface area contributed by atoms with Crippen LogP contribution in [0, 0.1) is 0 Å². The summed E-state index contributed by atoms with van der Waals surface area (Å²) < 4.78 is 27.0. The molecule has 0 aliphatic heterocycles. The summed E-state index contributed by atoms with van der Waals surface area (Å²) in [6, 6.07) is 8.57. The van der Waals surface area contributed by atoms with Crippen LogP contribution in [0.25, 0.3) is 0 Å². The first-order chi connectivity index (χ1) is 12.9. The third-order valence-corrected chi connectivity index (χ3v) is 5.54. The van der Waals surface area contributed by atoms with Gasteiger partial charge in [-0.1, -0.05) is 32.9 Å². The number of hydrogen-bond acceptors (Lipinski definition) is 6. The van der Waals surface area contributed by atoms with Crippen molar-refractivity contribution in [3.8, 4) is 17.2 Å². The maximum atomic E-state index is 12.3. The SMILES string of the molecule is CC(C)(C)c1ccc(S(=O)(=O)NCCNC(=O)c2cc(O)c(O)c(O)c2)cc1. The van der Waals surface area contributed by atoms with Gasteiger partial charge in [-0.3, -0.25) is 4.79 Å². The summed E-state index contributed by atoms with van der Waals surface area (Å²) in [5.41, 5.74) is 0.851. The van der Waals surface area contributed by atoms with Crippen LogP contribution in [-0.4, -0.2) is 42.7 Å². The Balaban J connectivity index is 1.93. The predicted molar refractivity (Wildman–Crippen MR) is 104 cm³/mol. The largest absolute Gasteiger partial charge is 0.504 e. The van der Waals surface area contributed by atoms with Gasteiger partial charge in [0.05, 0.1) is 4.90 Å². The summed E-state index contributed by atoms with van der Waals surface area (Å²) in [6.45, 7) is 6.03. The highest BCUT2D eigenvalue weighted by molar-refractivity contribution is 7.89. The van der Waals surface area contributed by atoms with E-state index in [1.165, 1.54) is 12.1 Å². The van der Waals surface area contributed by atoms with Crippen molar-refractivity contribution in [2.24, 2.45) is 0 Å². The molecule has 5 N–H and O–H groups in total. The van der Waals surface area contributed by atoms with Gasteiger partial charge in [0.2, 0.25) is 10.0 Å². The van der Waals surface area contributed by atoms with E-state index < -0.39 is 33.2 Å². The Bertz CT molecular complexity index is 940. The van der Waals surface area contributed by atoms with Crippen LogP contribution >= 0.6 is 0 Å². The highest BCUT2D eigenvalue weighted by Gasteiger charge is 2.18. The summed E-state index contributed by atoms with van der Waals surface area (Å²) >= 11 is 0. The van der Waals surface area contributed by atoms with E-state index in [0.29, 0.717) is 0 Å². The number of phenolic OH excluding ortho intramolecular Hbond substituents is 3. The molecule has 0 saturated heterocycles. The molecule has 2 rings (SSSR count). The van der Waals surface area contributed by atoms with Gasteiger partial charge in [-0.15, -0.1) is 0 Å². The van der Waals surface area contributed by atoms with Crippen molar-refractivity contribution < 1.29 is 28.5 Å². The molecule has 0 aliphatic carbocycles. The fraction of sp³-hybridized carbons (Fsp3) is 0.316. The molecule has 0 saturated carbocycles. The first-order valence-electron chi connectivity index (χ1n) is 8.55. The molecule has 9 heteroatoms. The van der Waals surface area contributed by atoms with Gasteiger partial charge in [0.1, 0.15) is 0 Å². The van der Waals surface area contributed by atoms with E-state index in [-0.39, 0.29) is 29.0 Å². The van der Waals surface area contributed by atoms with Crippen LogP contribution < -0.4 is 10.0 Å². The first kappa shape index (κ1) is 21.5. The van der Waals surface area contributed by atoms with Crippen molar-refractivity contribution in [1.82, 2.24) is 10.0 Å². The zero-order valence-corrected chi connectivity index (χ0v) is 16.7. The highest BCUT2D eigenvalue weighted by atomic mass is 32.2.